The van der Waals surface area contributed by atoms with Crippen LogP contribution in [0.1, 0.15) is 38.3 Å². The first-order valence-electron chi connectivity index (χ1n) is 9.80. The molecule has 158 valence electrons. The number of hydrogen-bond donors (Lipinski definition) is 2. The van der Waals surface area contributed by atoms with Crippen molar-refractivity contribution in [1.82, 2.24) is 19.8 Å². The van der Waals surface area contributed by atoms with Crippen LogP contribution in [-0.2, 0) is 21.4 Å². The minimum absolute atomic E-state index is 0.0656. The third-order valence-electron chi connectivity index (χ3n) is 5.13. The fourth-order valence-electron chi connectivity index (χ4n) is 3.42. The Bertz CT molecular complexity index is 916. The molecule has 2 N–H and O–H groups in total. The van der Waals surface area contributed by atoms with Crippen LogP contribution in [0.2, 0.25) is 0 Å². The number of nitrogens with one attached hydrogen (secondary N) is 2. The molecular weight excluding hydrogens is 392 g/mol. The van der Waals surface area contributed by atoms with Crippen LogP contribution >= 0.6 is 0 Å². The van der Waals surface area contributed by atoms with Gasteiger partial charge in [-0.15, -0.1) is 0 Å². The largest absolute Gasteiger partial charge is 0.497 e. The van der Waals surface area contributed by atoms with Gasteiger partial charge in [-0.3, -0.25) is 4.79 Å². The predicted molar refractivity (Wildman–Crippen MR) is 110 cm³/mol. The second-order valence-electron chi connectivity index (χ2n) is 7.56. The van der Waals surface area contributed by atoms with Crippen molar-refractivity contribution in [1.29, 1.82) is 0 Å². The zero-order valence-corrected chi connectivity index (χ0v) is 17.6. The maximum absolute atomic E-state index is 12.2. The number of rotatable bonds is 8. The summed E-state index contributed by atoms with van der Waals surface area (Å²) >= 11 is 0. The Balaban J connectivity index is 1.48. The van der Waals surface area contributed by atoms with Crippen molar-refractivity contribution in [2.24, 2.45) is 5.92 Å². The maximum Gasteiger partial charge on any atom is 0.236 e. The zero-order valence-electron chi connectivity index (χ0n) is 16.8. The second kappa shape index (κ2) is 9.41. The average Bonchev–Trinajstić information content (AvgIpc) is 3.17. The van der Waals surface area contributed by atoms with Crippen LogP contribution < -0.4 is 14.8 Å². The Hall–Kier alpha value is -2.39. The number of benzene rings is 1. The molecule has 1 saturated carbocycles. The van der Waals surface area contributed by atoms with Crippen LogP contribution in [0.5, 0.6) is 5.75 Å². The van der Waals surface area contributed by atoms with Crippen LogP contribution in [-0.4, -0.2) is 43.0 Å². The van der Waals surface area contributed by atoms with E-state index in [0.717, 1.165) is 37.1 Å². The molecular formula is C20H28N4O4S. The molecule has 0 saturated heterocycles. The van der Waals surface area contributed by atoms with Crippen molar-refractivity contribution in [3.8, 4) is 11.4 Å². The number of nitrogens with zero attached hydrogens (tertiary/aromatic N) is 2. The molecule has 1 amide bonds. The molecule has 8 nitrogen and oxygen atoms in total. The zero-order chi connectivity index (χ0) is 20.9. The first-order valence-corrected chi connectivity index (χ1v) is 11.5. The lowest BCUT2D eigenvalue weighted by Gasteiger charge is -2.26. The molecule has 1 aliphatic rings. The second-order valence-corrected chi connectivity index (χ2v) is 9.31. The highest BCUT2D eigenvalue weighted by Crippen LogP contribution is 2.23. The highest BCUT2D eigenvalue weighted by molar-refractivity contribution is 7.90. The summed E-state index contributed by atoms with van der Waals surface area (Å²) < 4.78 is 34.0. The van der Waals surface area contributed by atoms with Crippen LogP contribution in [0.4, 0.5) is 0 Å². The molecule has 0 radical (unpaired) electrons. The Morgan fingerprint density at radius 1 is 1.17 bits per heavy atom. The molecule has 29 heavy (non-hydrogen) atoms. The van der Waals surface area contributed by atoms with Crippen LogP contribution in [0.25, 0.3) is 5.69 Å². The minimum Gasteiger partial charge on any atom is -0.497 e. The van der Waals surface area contributed by atoms with E-state index >= 15 is 0 Å². The summed E-state index contributed by atoms with van der Waals surface area (Å²) in [5.41, 5.74) is 1.50. The van der Waals surface area contributed by atoms with E-state index in [4.69, 9.17) is 4.74 Å². The number of methoxy groups -OCH3 is 1. The molecule has 0 unspecified atom stereocenters. The number of hydrogen-bond acceptors (Lipinski definition) is 5. The van der Waals surface area contributed by atoms with Crippen molar-refractivity contribution >= 4 is 15.9 Å². The topological polar surface area (TPSA) is 102 Å². The van der Waals surface area contributed by atoms with Crippen molar-refractivity contribution in [2.45, 2.75) is 45.2 Å². The van der Waals surface area contributed by atoms with E-state index in [0.29, 0.717) is 11.6 Å². The lowest BCUT2D eigenvalue weighted by Crippen LogP contribution is -2.42. The number of aromatic nitrogens is 2. The fourth-order valence-corrected chi connectivity index (χ4v) is 4.70. The smallest absolute Gasteiger partial charge is 0.236 e. The van der Waals surface area contributed by atoms with Crippen LogP contribution in [0, 0.1) is 5.92 Å². The Kier molecular flexibility index (Phi) is 6.92. The molecule has 1 aromatic carbocycles. The third-order valence-corrected chi connectivity index (χ3v) is 6.47. The van der Waals surface area contributed by atoms with Crippen LogP contribution in [0.15, 0.2) is 36.5 Å². The molecule has 1 aromatic heterocycles. The van der Waals surface area contributed by atoms with Gasteiger partial charge in [0.1, 0.15) is 11.5 Å². The average molecular weight is 421 g/mol. The van der Waals surface area contributed by atoms with Crippen molar-refractivity contribution in [3.63, 3.8) is 0 Å². The van der Waals surface area contributed by atoms with Gasteiger partial charge in [0, 0.05) is 12.2 Å². The first kappa shape index (κ1) is 21.3. The van der Waals surface area contributed by atoms with E-state index < -0.39 is 21.7 Å². The van der Waals surface area contributed by atoms with Crippen molar-refractivity contribution in [3.05, 3.63) is 42.2 Å². The van der Waals surface area contributed by atoms with Crippen molar-refractivity contribution < 1.29 is 17.9 Å². The van der Waals surface area contributed by atoms with Gasteiger partial charge in [0.2, 0.25) is 15.9 Å². The molecule has 1 fully saturated rings. The number of ether oxygens (including phenoxy) is 1. The number of carbonyl (C=O) groups is 1. The van der Waals surface area contributed by atoms with Gasteiger partial charge in [0.15, 0.2) is 0 Å². The molecule has 1 heterocycles. The van der Waals surface area contributed by atoms with Crippen LogP contribution in [0.3, 0.4) is 0 Å². The summed E-state index contributed by atoms with van der Waals surface area (Å²) in [6, 6.07) is 9.13. The van der Waals surface area contributed by atoms with E-state index in [9.17, 15) is 13.2 Å². The maximum atomic E-state index is 12.2. The summed E-state index contributed by atoms with van der Waals surface area (Å²) in [5.74, 6) is 0.279. The molecule has 1 aliphatic carbocycles. The minimum atomic E-state index is -3.65. The highest BCUT2D eigenvalue weighted by Gasteiger charge is 2.24. The summed E-state index contributed by atoms with van der Waals surface area (Å²) in [5, 5.41) is 7.03. The van der Waals surface area contributed by atoms with E-state index in [-0.39, 0.29) is 12.6 Å². The molecule has 2 aromatic rings. The molecule has 3 rings (SSSR count). The third kappa shape index (κ3) is 6.30. The number of carbonyl (C=O) groups excluding carboxylic acids is 1. The molecule has 0 bridgehead atoms. The number of amides is 1. The lowest BCUT2D eigenvalue weighted by molar-refractivity contribution is -0.118. The standard InChI is InChI=1S/C20H28N4O4S/c1-15-3-5-16(6-4-15)23-29(26,27)14-20(25)21-13-17-11-12-24(22-17)18-7-9-19(28-2)10-8-18/h7-12,15-16,23H,3-6,13-14H2,1-2H3,(H,21,25). The monoisotopic (exact) mass is 420 g/mol. The molecule has 9 heteroatoms. The number of sulfonamides is 1. The molecule has 0 spiro atoms. The molecule has 0 atom stereocenters. The van der Waals surface area contributed by atoms with Gasteiger partial charge in [0.05, 0.1) is 25.0 Å². The molecule has 0 aliphatic heterocycles. The first-order chi connectivity index (χ1) is 13.8. The SMILES string of the molecule is COc1ccc(-n2ccc(CNC(=O)CS(=O)(=O)NC3CCC(C)CC3)n2)cc1. The van der Waals surface area contributed by atoms with E-state index in [1.807, 2.05) is 24.3 Å². The summed E-state index contributed by atoms with van der Waals surface area (Å²) in [7, 11) is -2.04. The van der Waals surface area contributed by atoms with E-state index in [1.165, 1.54) is 0 Å². The normalized spacial score (nSPS) is 19.7. The van der Waals surface area contributed by atoms with E-state index in [2.05, 4.69) is 22.1 Å². The Morgan fingerprint density at radius 3 is 2.52 bits per heavy atom. The fraction of sp³-hybridized carbons (Fsp3) is 0.500. The quantitative estimate of drug-likeness (QED) is 0.680. The van der Waals surface area contributed by atoms with Gasteiger partial charge >= 0.3 is 0 Å². The summed E-state index contributed by atoms with van der Waals surface area (Å²) in [4.78, 5) is 12.1. The predicted octanol–water partition coefficient (Wildman–Crippen LogP) is 2.00. The van der Waals surface area contributed by atoms with Gasteiger partial charge in [-0.1, -0.05) is 6.92 Å². The van der Waals surface area contributed by atoms with Gasteiger partial charge in [-0.05, 0) is 61.9 Å². The van der Waals surface area contributed by atoms with Gasteiger partial charge < -0.3 is 10.1 Å². The van der Waals surface area contributed by atoms with Crippen molar-refractivity contribution in [2.75, 3.05) is 12.9 Å². The highest BCUT2D eigenvalue weighted by atomic mass is 32.2. The van der Waals surface area contributed by atoms with Gasteiger partial charge in [0.25, 0.3) is 0 Å². The Morgan fingerprint density at radius 2 is 1.86 bits per heavy atom. The summed E-state index contributed by atoms with van der Waals surface area (Å²) in [6.45, 7) is 2.34. The lowest BCUT2D eigenvalue weighted by atomic mass is 9.88. The summed E-state index contributed by atoms with van der Waals surface area (Å²) in [6.07, 6.45) is 5.45. The van der Waals surface area contributed by atoms with Gasteiger partial charge in [-0.25, -0.2) is 17.8 Å². The Labute approximate surface area is 171 Å². The van der Waals surface area contributed by atoms with Gasteiger partial charge in [-0.2, -0.15) is 5.10 Å². The van der Waals surface area contributed by atoms with E-state index in [1.54, 1.807) is 24.1 Å².